The number of halogens is 6. The van der Waals surface area contributed by atoms with Gasteiger partial charge in [-0.3, -0.25) is 5.10 Å². The second-order valence-electron chi connectivity index (χ2n) is 4.27. The van der Waals surface area contributed by atoms with Crippen LogP contribution in [0.2, 0.25) is 0 Å². The standard InChI is InChI=1S/C11H8F6N6/c12-10(13,14)4-2-1-3-5(6(4)11(15,16)17)20-21-7-8(18)22-23-9(7)19/h1-3H,(H5,18,19,22,23). The lowest BCUT2D eigenvalue weighted by atomic mass is 10.0. The smallest absolute Gasteiger partial charge is 0.382 e. The van der Waals surface area contributed by atoms with Crippen molar-refractivity contribution in [3.63, 3.8) is 0 Å². The Bertz CT molecular complexity index is 725. The van der Waals surface area contributed by atoms with Crippen molar-refractivity contribution < 1.29 is 26.3 Å². The first kappa shape index (κ1) is 16.6. The summed E-state index contributed by atoms with van der Waals surface area (Å²) in [6.45, 7) is 0. The van der Waals surface area contributed by atoms with Gasteiger partial charge in [-0.05, 0) is 12.1 Å². The lowest BCUT2D eigenvalue weighted by Crippen LogP contribution is -2.16. The molecule has 1 aromatic heterocycles. The summed E-state index contributed by atoms with van der Waals surface area (Å²) in [7, 11) is 0. The van der Waals surface area contributed by atoms with E-state index < -0.39 is 29.2 Å². The maximum Gasteiger partial charge on any atom is 0.419 e. The third kappa shape index (κ3) is 3.35. The van der Waals surface area contributed by atoms with Crippen molar-refractivity contribution in [1.29, 1.82) is 0 Å². The number of nitrogens with zero attached hydrogens (tertiary/aromatic N) is 3. The van der Waals surface area contributed by atoms with Crippen molar-refractivity contribution in [3.8, 4) is 0 Å². The molecule has 0 spiro atoms. The number of nitrogens with one attached hydrogen (secondary N) is 1. The number of benzene rings is 1. The highest BCUT2D eigenvalue weighted by molar-refractivity contribution is 5.70. The van der Waals surface area contributed by atoms with Crippen LogP contribution in [0.5, 0.6) is 0 Å². The van der Waals surface area contributed by atoms with Gasteiger partial charge in [0, 0.05) is 0 Å². The minimum Gasteiger partial charge on any atom is -0.382 e. The lowest BCUT2D eigenvalue weighted by Gasteiger charge is -2.16. The molecule has 6 nitrogen and oxygen atoms in total. The minimum atomic E-state index is -5.28. The van der Waals surface area contributed by atoms with Crippen molar-refractivity contribution >= 4 is 23.0 Å². The second kappa shape index (κ2) is 5.44. The largest absolute Gasteiger partial charge is 0.419 e. The van der Waals surface area contributed by atoms with Gasteiger partial charge in [0.05, 0.1) is 16.8 Å². The van der Waals surface area contributed by atoms with Crippen LogP contribution in [-0.4, -0.2) is 10.2 Å². The Morgan fingerprint density at radius 3 is 2.09 bits per heavy atom. The summed E-state index contributed by atoms with van der Waals surface area (Å²) in [5.41, 5.74) is 5.62. The topological polar surface area (TPSA) is 105 Å². The second-order valence-corrected chi connectivity index (χ2v) is 4.27. The van der Waals surface area contributed by atoms with Crippen LogP contribution < -0.4 is 11.5 Å². The summed E-state index contributed by atoms with van der Waals surface area (Å²) in [5, 5.41) is 12.2. The predicted molar refractivity (Wildman–Crippen MR) is 68.0 cm³/mol. The van der Waals surface area contributed by atoms with Crippen molar-refractivity contribution in [2.45, 2.75) is 12.4 Å². The Hall–Kier alpha value is -2.79. The first-order valence-corrected chi connectivity index (χ1v) is 5.80. The molecular weight excluding hydrogens is 330 g/mol. The number of nitrogen functional groups attached to an aromatic ring is 2. The Morgan fingerprint density at radius 1 is 0.957 bits per heavy atom. The molecule has 0 saturated carbocycles. The summed E-state index contributed by atoms with van der Waals surface area (Å²) < 4.78 is 77.3. The fourth-order valence-corrected chi connectivity index (χ4v) is 1.73. The number of anilines is 2. The van der Waals surface area contributed by atoms with Gasteiger partial charge in [0.2, 0.25) is 0 Å². The average Bonchev–Trinajstić information content (AvgIpc) is 2.73. The van der Waals surface area contributed by atoms with Crippen LogP contribution in [0.1, 0.15) is 11.1 Å². The van der Waals surface area contributed by atoms with Crippen molar-refractivity contribution in [2.24, 2.45) is 10.2 Å². The summed E-state index contributed by atoms with van der Waals surface area (Å²) in [5.74, 6) is -0.446. The Balaban J connectivity index is 2.60. The molecule has 0 aliphatic carbocycles. The molecule has 23 heavy (non-hydrogen) atoms. The van der Waals surface area contributed by atoms with Crippen molar-refractivity contribution in [3.05, 3.63) is 29.3 Å². The normalized spacial score (nSPS) is 13.0. The summed E-state index contributed by atoms with van der Waals surface area (Å²) in [4.78, 5) is 0. The molecule has 2 rings (SSSR count). The lowest BCUT2D eigenvalue weighted by molar-refractivity contribution is -0.161. The number of hydrogen-bond acceptors (Lipinski definition) is 5. The molecule has 0 aliphatic heterocycles. The summed E-state index contributed by atoms with van der Waals surface area (Å²) in [6, 6.07) is 1.84. The number of alkyl halides is 6. The van der Waals surface area contributed by atoms with Crippen LogP contribution in [0.4, 0.5) is 49.4 Å². The van der Waals surface area contributed by atoms with Crippen LogP contribution in [0.3, 0.4) is 0 Å². The van der Waals surface area contributed by atoms with Crippen molar-refractivity contribution in [1.82, 2.24) is 10.2 Å². The highest BCUT2D eigenvalue weighted by Gasteiger charge is 2.45. The maximum absolute atomic E-state index is 13.0. The van der Waals surface area contributed by atoms with Gasteiger partial charge in [0.25, 0.3) is 0 Å². The monoisotopic (exact) mass is 338 g/mol. The molecule has 0 unspecified atom stereocenters. The zero-order chi connectivity index (χ0) is 17.4. The highest BCUT2D eigenvalue weighted by Crippen LogP contribution is 2.45. The van der Waals surface area contributed by atoms with Gasteiger partial charge < -0.3 is 11.5 Å². The molecule has 0 aliphatic rings. The first-order chi connectivity index (χ1) is 10.5. The molecule has 124 valence electrons. The van der Waals surface area contributed by atoms with E-state index in [4.69, 9.17) is 11.5 Å². The van der Waals surface area contributed by atoms with Gasteiger partial charge in [-0.1, -0.05) is 6.07 Å². The number of aromatic nitrogens is 2. The van der Waals surface area contributed by atoms with Gasteiger partial charge in [0.1, 0.15) is 5.82 Å². The molecular formula is C11H8F6N6. The molecule has 12 heteroatoms. The van der Waals surface area contributed by atoms with Crippen LogP contribution in [-0.2, 0) is 12.4 Å². The highest BCUT2D eigenvalue weighted by atomic mass is 19.4. The zero-order valence-electron chi connectivity index (χ0n) is 11.0. The molecule has 1 heterocycles. The van der Waals surface area contributed by atoms with Gasteiger partial charge in [-0.2, -0.15) is 31.4 Å². The van der Waals surface area contributed by atoms with E-state index in [0.717, 1.165) is 12.1 Å². The van der Waals surface area contributed by atoms with E-state index in [2.05, 4.69) is 20.4 Å². The van der Waals surface area contributed by atoms with Crippen molar-refractivity contribution in [2.75, 3.05) is 11.5 Å². The number of nitrogens with two attached hydrogens (primary N) is 2. The SMILES string of the molecule is Nc1n[nH]c(N)c1N=Nc1cccc(C(F)(F)F)c1C(F)(F)F. The van der Waals surface area contributed by atoms with E-state index >= 15 is 0 Å². The Kier molecular flexibility index (Phi) is 3.92. The van der Waals surface area contributed by atoms with Gasteiger partial charge >= 0.3 is 12.4 Å². The molecule has 2 aromatic rings. The van der Waals surface area contributed by atoms with Gasteiger partial charge in [-0.15, -0.1) is 10.2 Å². The van der Waals surface area contributed by atoms with Crippen LogP contribution in [0.15, 0.2) is 28.4 Å². The Morgan fingerprint density at radius 2 is 1.61 bits per heavy atom. The Labute approximate surface area is 124 Å². The minimum absolute atomic E-state index is 0.188. The predicted octanol–water partition coefficient (Wildman–Crippen LogP) is 4.03. The van der Waals surface area contributed by atoms with Crippen LogP contribution >= 0.6 is 0 Å². The van der Waals surface area contributed by atoms with Crippen LogP contribution in [0, 0.1) is 0 Å². The first-order valence-electron chi connectivity index (χ1n) is 5.80. The van der Waals surface area contributed by atoms with E-state index in [-0.39, 0.29) is 17.3 Å². The third-order valence-corrected chi connectivity index (χ3v) is 2.68. The van der Waals surface area contributed by atoms with E-state index in [1.807, 2.05) is 0 Å². The summed E-state index contributed by atoms with van der Waals surface area (Å²) >= 11 is 0. The van der Waals surface area contributed by atoms with E-state index in [1.54, 1.807) is 0 Å². The quantitative estimate of drug-likeness (QED) is 0.568. The summed E-state index contributed by atoms with van der Waals surface area (Å²) in [6.07, 6.45) is -10.5. The van der Waals surface area contributed by atoms with Gasteiger partial charge in [-0.25, -0.2) is 0 Å². The number of rotatable bonds is 2. The number of H-pyrrole nitrogens is 1. The molecule has 5 N–H and O–H groups in total. The molecule has 1 aromatic carbocycles. The van der Waals surface area contributed by atoms with Crippen LogP contribution in [0.25, 0.3) is 0 Å². The number of hydrogen-bond donors (Lipinski definition) is 3. The van der Waals surface area contributed by atoms with E-state index in [9.17, 15) is 26.3 Å². The maximum atomic E-state index is 13.0. The number of azo groups is 1. The molecule has 0 bridgehead atoms. The average molecular weight is 338 g/mol. The fourth-order valence-electron chi connectivity index (χ4n) is 1.73. The molecule has 0 atom stereocenters. The molecule has 0 amide bonds. The zero-order valence-corrected chi connectivity index (χ0v) is 11.0. The third-order valence-electron chi connectivity index (χ3n) is 2.68. The fraction of sp³-hybridized carbons (Fsp3) is 0.182. The molecule has 0 fully saturated rings. The van der Waals surface area contributed by atoms with E-state index in [1.165, 1.54) is 0 Å². The van der Waals surface area contributed by atoms with E-state index in [0.29, 0.717) is 6.07 Å². The molecule has 0 radical (unpaired) electrons. The van der Waals surface area contributed by atoms with Gasteiger partial charge in [0.15, 0.2) is 11.5 Å². The number of aromatic amines is 1. The molecule has 0 saturated heterocycles.